The predicted molar refractivity (Wildman–Crippen MR) is 54.9 cm³/mol. The van der Waals surface area contributed by atoms with Crippen molar-refractivity contribution in [2.24, 2.45) is 5.92 Å². The van der Waals surface area contributed by atoms with Crippen molar-refractivity contribution in [3.05, 3.63) is 35.4 Å². The first-order valence-electron chi connectivity index (χ1n) is 4.32. The van der Waals surface area contributed by atoms with Crippen LogP contribution in [0.3, 0.4) is 0 Å². The summed E-state index contributed by atoms with van der Waals surface area (Å²) in [4.78, 5) is 0. The summed E-state index contributed by atoms with van der Waals surface area (Å²) in [7, 11) is 0. The summed E-state index contributed by atoms with van der Waals surface area (Å²) in [5, 5.41) is 0. The number of allylic oxidation sites excluding steroid dienone is 1. The van der Waals surface area contributed by atoms with E-state index in [0.717, 1.165) is 12.1 Å². The van der Waals surface area contributed by atoms with E-state index >= 15 is 0 Å². The van der Waals surface area contributed by atoms with E-state index in [2.05, 4.69) is 25.1 Å². The fourth-order valence-corrected chi connectivity index (χ4v) is 1.64. The molecular formula is C11H15N. The number of hydrogen-bond acceptors (Lipinski definition) is 1. The van der Waals surface area contributed by atoms with E-state index in [1.807, 2.05) is 12.1 Å². The lowest BCUT2D eigenvalue weighted by Gasteiger charge is -2.15. The summed E-state index contributed by atoms with van der Waals surface area (Å²) < 4.78 is 0. The second-order valence-electron chi connectivity index (χ2n) is 3.50. The number of nitrogens with two attached hydrogens (primary N) is 1. The topological polar surface area (TPSA) is 26.0 Å². The predicted octanol–water partition coefficient (Wildman–Crippen LogP) is 2.72. The van der Waals surface area contributed by atoms with Crippen LogP contribution in [0.1, 0.15) is 19.5 Å². The van der Waals surface area contributed by atoms with Gasteiger partial charge in [0.05, 0.1) is 0 Å². The minimum atomic E-state index is 0. The van der Waals surface area contributed by atoms with E-state index in [9.17, 15) is 0 Å². The quantitative estimate of drug-likeness (QED) is 0.582. The van der Waals surface area contributed by atoms with Gasteiger partial charge in [-0.2, -0.15) is 0 Å². The largest absolute Gasteiger partial charge is 0.399 e. The molecule has 64 valence electrons. The molecule has 0 saturated carbocycles. The molecule has 0 unspecified atom stereocenters. The van der Waals surface area contributed by atoms with Gasteiger partial charge in [0.15, 0.2) is 0 Å². The minimum Gasteiger partial charge on any atom is -0.399 e. The van der Waals surface area contributed by atoms with Gasteiger partial charge in [-0.3, -0.25) is 0 Å². The number of anilines is 1. The van der Waals surface area contributed by atoms with Gasteiger partial charge >= 0.3 is 0 Å². The van der Waals surface area contributed by atoms with Crippen LogP contribution in [0, 0.1) is 5.92 Å². The molecule has 1 aromatic carbocycles. The molecule has 0 amide bonds. The van der Waals surface area contributed by atoms with E-state index in [4.69, 9.17) is 5.73 Å². The summed E-state index contributed by atoms with van der Waals surface area (Å²) in [6.07, 6.45) is 5.55. The average Bonchev–Trinajstić information content (AvgIpc) is 2.05. The van der Waals surface area contributed by atoms with Crippen LogP contribution in [0.25, 0.3) is 6.08 Å². The molecule has 0 radical (unpaired) electrons. The molecule has 12 heavy (non-hydrogen) atoms. The Kier molecular flexibility index (Phi) is 1.65. The molecule has 0 spiro atoms. The van der Waals surface area contributed by atoms with Crippen LogP contribution in [-0.2, 0) is 6.42 Å². The van der Waals surface area contributed by atoms with Gasteiger partial charge in [-0.05, 0) is 35.6 Å². The lowest BCUT2D eigenvalue weighted by atomic mass is 9.91. The van der Waals surface area contributed by atoms with Gasteiger partial charge < -0.3 is 5.73 Å². The SMILES string of the molecule is C[C@@H]1C=Cc2cc(N)ccc2C1.[HH]. The maximum absolute atomic E-state index is 5.68. The van der Waals surface area contributed by atoms with E-state index in [-0.39, 0.29) is 1.43 Å². The van der Waals surface area contributed by atoms with Gasteiger partial charge in [0.1, 0.15) is 0 Å². The zero-order valence-electron chi connectivity index (χ0n) is 7.25. The highest BCUT2D eigenvalue weighted by molar-refractivity contribution is 5.61. The highest BCUT2D eigenvalue weighted by Crippen LogP contribution is 2.24. The van der Waals surface area contributed by atoms with Crippen molar-refractivity contribution in [2.45, 2.75) is 13.3 Å². The number of nitrogen functional groups attached to an aromatic ring is 1. The third kappa shape index (κ3) is 1.22. The molecule has 1 atom stereocenters. The molecule has 1 nitrogen and oxygen atoms in total. The zero-order valence-corrected chi connectivity index (χ0v) is 7.25. The van der Waals surface area contributed by atoms with Crippen molar-refractivity contribution in [3.8, 4) is 0 Å². The van der Waals surface area contributed by atoms with Crippen LogP contribution in [0.4, 0.5) is 5.69 Å². The summed E-state index contributed by atoms with van der Waals surface area (Å²) in [5.74, 6) is 0.668. The maximum atomic E-state index is 5.68. The van der Waals surface area contributed by atoms with Gasteiger partial charge in [0.25, 0.3) is 0 Å². The van der Waals surface area contributed by atoms with Crippen molar-refractivity contribution >= 4 is 11.8 Å². The molecular weight excluding hydrogens is 146 g/mol. The van der Waals surface area contributed by atoms with Crippen LogP contribution in [-0.4, -0.2) is 0 Å². The van der Waals surface area contributed by atoms with Crippen molar-refractivity contribution < 1.29 is 1.43 Å². The Bertz CT molecular complexity index is 331. The third-order valence-electron chi connectivity index (χ3n) is 2.32. The lowest BCUT2D eigenvalue weighted by Crippen LogP contribution is -2.03. The van der Waals surface area contributed by atoms with Crippen LogP contribution in [0.15, 0.2) is 24.3 Å². The van der Waals surface area contributed by atoms with Crippen molar-refractivity contribution in [1.82, 2.24) is 0 Å². The molecule has 1 aromatic rings. The Morgan fingerprint density at radius 2 is 2.33 bits per heavy atom. The minimum absolute atomic E-state index is 0. The number of rotatable bonds is 0. The lowest BCUT2D eigenvalue weighted by molar-refractivity contribution is 0.717. The molecule has 0 bridgehead atoms. The second kappa shape index (κ2) is 2.67. The van der Waals surface area contributed by atoms with Crippen molar-refractivity contribution in [2.75, 3.05) is 5.73 Å². The van der Waals surface area contributed by atoms with E-state index in [0.29, 0.717) is 5.92 Å². The Hall–Kier alpha value is -1.24. The van der Waals surface area contributed by atoms with Crippen LogP contribution in [0.5, 0.6) is 0 Å². The number of hydrogen-bond donors (Lipinski definition) is 1. The second-order valence-corrected chi connectivity index (χ2v) is 3.50. The zero-order chi connectivity index (χ0) is 8.55. The smallest absolute Gasteiger partial charge is 0.0320 e. The van der Waals surface area contributed by atoms with Crippen LogP contribution in [0.2, 0.25) is 0 Å². The highest BCUT2D eigenvalue weighted by atomic mass is 14.5. The maximum Gasteiger partial charge on any atom is 0.0320 e. The van der Waals surface area contributed by atoms with Gasteiger partial charge in [0.2, 0.25) is 0 Å². The van der Waals surface area contributed by atoms with Gasteiger partial charge in [-0.25, -0.2) is 0 Å². The fourth-order valence-electron chi connectivity index (χ4n) is 1.64. The normalized spacial score (nSPS) is 20.6. The summed E-state index contributed by atoms with van der Waals surface area (Å²) >= 11 is 0. The molecule has 2 rings (SSSR count). The monoisotopic (exact) mass is 161 g/mol. The summed E-state index contributed by atoms with van der Waals surface area (Å²) in [6.45, 7) is 2.23. The molecule has 0 heterocycles. The molecule has 1 aliphatic rings. The molecule has 1 aliphatic carbocycles. The van der Waals surface area contributed by atoms with Crippen molar-refractivity contribution in [1.29, 1.82) is 0 Å². The first-order chi connectivity index (χ1) is 5.75. The van der Waals surface area contributed by atoms with Gasteiger partial charge in [0, 0.05) is 7.11 Å². The van der Waals surface area contributed by atoms with Gasteiger partial charge in [-0.15, -0.1) is 0 Å². The van der Waals surface area contributed by atoms with Crippen molar-refractivity contribution in [3.63, 3.8) is 0 Å². The van der Waals surface area contributed by atoms with E-state index < -0.39 is 0 Å². The van der Waals surface area contributed by atoms with Crippen LogP contribution >= 0.6 is 0 Å². The van der Waals surface area contributed by atoms with Gasteiger partial charge in [-0.1, -0.05) is 25.1 Å². The Balaban J connectivity index is 0.000000845. The fraction of sp³-hybridized carbons (Fsp3) is 0.273. The van der Waals surface area contributed by atoms with Crippen LogP contribution < -0.4 is 5.73 Å². The highest BCUT2D eigenvalue weighted by Gasteiger charge is 2.08. The van der Waals surface area contributed by atoms with E-state index in [1.165, 1.54) is 11.1 Å². The van der Waals surface area contributed by atoms with E-state index in [1.54, 1.807) is 0 Å². The molecule has 2 N–H and O–H groups in total. The first-order valence-corrected chi connectivity index (χ1v) is 4.32. The standard InChI is InChI=1S/C11H13N.H2/c1-8-2-3-10-7-11(12)5-4-9(10)6-8;/h2-5,7-8H,6,12H2,1H3;1H/t8-;/m1./s1. The third-order valence-corrected chi connectivity index (χ3v) is 2.32. The average molecular weight is 161 g/mol. The molecule has 0 aliphatic heterocycles. The Labute approximate surface area is 74.4 Å². The number of benzene rings is 1. The molecule has 1 heteroatoms. The number of fused-ring (bicyclic) bond motifs is 1. The Morgan fingerprint density at radius 1 is 1.50 bits per heavy atom. The summed E-state index contributed by atoms with van der Waals surface area (Å²) in [6, 6.07) is 6.15. The summed E-state index contributed by atoms with van der Waals surface area (Å²) in [5.41, 5.74) is 9.24. The Morgan fingerprint density at radius 3 is 3.17 bits per heavy atom. The first kappa shape index (κ1) is 7.41. The molecule has 0 fully saturated rings. The molecule has 0 saturated heterocycles. The molecule has 0 aromatic heterocycles.